The third kappa shape index (κ3) is 2.97. The maximum Gasteiger partial charge on any atom is 0.0897 e. The number of hydrogen-bond donors (Lipinski definition) is 1. The number of aromatic nitrogens is 1. The zero-order valence-corrected chi connectivity index (χ0v) is 11.4. The van der Waals surface area contributed by atoms with Crippen LogP contribution in [-0.2, 0) is 6.42 Å². The minimum absolute atomic E-state index is 0.278. The minimum atomic E-state index is -0.292. The van der Waals surface area contributed by atoms with Gasteiger partial charge in [0, 0.05) is 35.9 Å². The first-order chi connectivity index (χ1) is 7.66. The van der Waals surface area contributed by atoms with Crippen molar-refractivity contribution in [2.24, 2.45) is 0 Å². The van der Waals surface area contributed by atoms with Crippen LogP contribution in [-0.4, -0.2) is 52.2 Å². The van der Waals surface area contributed by atoms with Crippen LogP contribution in [0.4, 0.5) is 0 Å². The molecule has 0 bridgehead atoms. The van der Waals surface area contributed by atoms with Crippen LogP contribution in [0.1, 0.15) is 10.7 Å². The molecule has 1 aliphatic rings. The molecule has 0 amide bonds. The molecule has 0 aromatic carbocycles. The van der Waals surface area contributed by atoms with Gasteiger partial charge in [0.05, 0.1) is 16.8 Å². The molecule has 2 atom stereocenters. The lowest BCUT2D eigenvalue weighted by molar-refractivity contribution is 0.0757. The third-order valence-corrected chi connectivity index (χ3v) is 4.84. The molecule has 0 spiro atoms. The van der Waals surface area contributed by atoms with E-state index in [1.54, 1.807) is 11.3 Å². The second-order valence-corrected chi connectivity index (χ2v) is 6.46. The highest BCUT2D eigenvalue weighted by Crippen LogP contribution is 2.20. The largest absolute Gasteiger partial charge is 0.391 e. The van der Waals surface area contributed by atoms with E-state index in [1.807, 2.05) is 18.7 Å². The average molecular weight is 258 g/mol. The number of hydrogen-bond acceptors (Lipinski definition) is 5. The molecule has 1 fully saturated rings. The normalized spacial score (nSPS) is 24.6. The van der Waals surface area contributed by atoms with Crippen LogP contribution in [0.3, 0.4) is 0 Å². The van der Waals surface area contributed by atoms with Crippen molar-refractivity contribution >= 4 is 23.1 Å². The predicted molar refractivity (Wildman–Crippen MR) is 70.3 cm³/mol. The van der Waals surface area contributed by atoms with E-state index in [1.165, 1.54) is 5.75 Å². The SMILES string of the molecule is Cc1nc(CC(O)C2CSCCN2C)cs1. The van der Waals surface area contributed by atoms with Crippen molar-refractivity contribution < 1.29 is 5.11 Å². The molecule has 1 aromatic rings. The number of thiazole rings is 1. The lowest BCUT2D eigenvalue weighted by Crippen LogP contribution is -2.47. The van der Waals surface area contributed by atoms with E-state index in [4.69, 9.17) is 0 Å². The number of rotatable bonds is 3. The molecule has 3 nitrogen and oxygen atoms in total. The molecule has 1 N–H and O–H groups in total. The van der Waals surface area contributed by atoms with Gasteiger partial charge in [0.2, 0.25) is 0 Å². The summed E-state index contributed by atoms with van der Waals surface area (Å²) < 4.78 is 0. The first-order valence-corrected chi connectivity index (χ1v) is 7.57. The molecule has 16 heavy (non-hydrogen) atoms. The monoisotopic (exact) mass is 258 g/mol. The van der Waals surface area contributed by atoms with Gasteiger partial charge >= 0.3 is 0 Å². The number of aliphatic hydroxyl groups excluding tert-OH is 1. The van der Waals surface area contributed by atoms with Crippen LogP contribution in [0.2, 0.25) is 0 Å². The van der Waals surface area contributed by atoms with Gasteiger partial charge in [0.15, 0.2) is 0 Å². The maximum absolute atomic E-state index is 10.2. The molecule has 0 aliphatic carbocycles. The van der Waals surface area contributed by atoms with Gasteiger partial charge in [-0.15, -0.1) is 11.3 Å². The Kier molecular flexibility index (Phi) is 4.24. The van der Waals surface area contributed by atoms with E-state index >= 15 is 0 Å². The van der Waals surface area contributed by atoms with Gasteiger partial charge in [-0.25, -0.2) is 4.98 Å². The predicted octanol–water partition coefficient (Wildman–Crippen LogP) is 1.40. The summed E-state index contributed by atoms with van der Waals surface area (Å²) in [6, 6.07) is 0.278. The molecule has 5 heteroatoms. The van der Waals surface area contributed by atoms with Gasteiger partial charge < -0.3 is 5.11 Å². The summed E-state index contributed by atoms with van der Waals surface area (Å²) in [5.74, 6) is 2.20. The van der Waals surface area contributed by atoms with E-state index in [2.05, 4.69) is 22.3 Å². The molecule has 90 valence electrons. The second kappa shape index (κ2) is 5.49. The van der Waals surface area contributed by atoms with E-state index in [0.29, 0.717) is 6.42 Å². The Hall–Kier alpha value is -0.100. The summed E-state index contributed by atoms with van der Waals surface area (Å²) in [4.78, 5) is 6.67. The molecule has 1 saturated heterocycles. The van der Waals surface area contributed by atoms with Crippen LogP contribution in [0.25, 0.3) is 0 Å². The Morgan fingerprint density at radius 3 is 3.12 bits per heavy atom. The summed E-state index contributed by atoms with van der Waals surface area (Å²) in [5.41, 5.74) is 1.03. The van der Waals surface area contributed by atoms with Gasteiger partial charge in [-0.3, -0.25) is 4.90 Å². The molecule has 1 aromatic heterocycles. The Morgan fingerprint density at radius 2 is 2.50 bits per heavy atom. The van der Waals surface area contributed by atoms with Crippen molar-refractivity contribution in [3.63, 3.8) is 0 Å². The van der Waals surface area contributed by atoms with Gasteiger partial charge in [-0.2, -0.15) is 11.8 Å². The summed E-state index contributed by atoms with van der Waals surface area (Å²) in [6.07, 6.45) is 0.388. The highest BCUT2D eigenvalue weighted by atomic mass is 32.2. The Balaban J connectivity index is 1.93. The Labute approximate surface area is 105 Å². The van der Waals surface area contributed by atoms with Gasteiger partial charge in [-0.05, 0) is 14.0 Å². The molecule has 0 saturated carbocycles. The maximum atomic E-state index is 10.2. The van der Waals surface area contributed by atoms with Gasteiger partial charge in [0.1, 0.15) is 0 Å². The fourth-order valence-electron chi connectivity index (χ4n) is 1.96. The molecular formula is C11H18N2OS2. The quantitative estimate of drug-likeness (QED) is 0.889. The molecular weight excluding hydrogens is 240 g/mol. The summed E-state index contributed by atoms with van der Waals surface area (Å²) in [7, 11) is 2.10. The van der Waals surface area contributed by atoms with Crippen LogP contribution >= 0.6 is 23.1 Å². The summed E-state index contributed by atoms with van der Waals surface area (Å²) >= 11 is 3.58. The molecule has 1 aliphatic heterocycles. The van der Waals surface area contributed by atoms with Crippen molar-refractivity contribution in [3.8, 4) is 0 Å². The first-order valence-electron chi connectivity index (χ1n) is 5.54. The van der Waals surface area contributed by atoms with Crippen LogP contribution in [0.5, 0.6) is 0 Å². The standard InChI is InChI=1S/C11H18N2OS2/c1-8-12-9(6-16-8)5-11(14)10-7-15-4-3-13(10)2/h6,10-11,14H,3-5,7H2,1-2H3. The topological polar surface area (TPSA) is 36.4 Å². The molecule has 0 radical (unpaired) electrons. The lowest BCUT2D eigenvalue weighted by atomic mass is 10.1. The number of nitrogens with zero attached hydrogens (tertiary/aromatic N) is 2. The smallest absolute Gasteiger partial charge is 0.0897 e. The highest BCUT2D eigenvalue weighted by Gasteiger charge is 2.26. The van der Waals surface area contributed by atoms with Crippen molar-refractivity contribution in [2.75, 3.05) is 25.1 Å². The molecule has 2 heterocycles. The zero-order chi connectivity index (χ0) is 11.5. The number of thioether (sulfide) groups is 1. The zero-order valence-electron chi connectivity index (χ0n) is 9.72. The summed E-state index contributed by atoms with van der Waals surface area (Å²) in [6.45, 7) is 3.08. The first kappa shape index (κ1) is 12.4. The number of likely N-dealkylation sites (N-methyl/N-ethyl adjacent to an activating group) is 1. The van der Waals surface area contributed by atoms with E-state index in [-0.39, 0.29) is 12.1 Å². The van der Waals surface area contributed by atoms with Crippen LogP contribution < -0.4 is 0 Å². The fraction of sp³-hybridized carbons (Fsp3) is 0.727. The van der Waals surface area contributed by atoms with Crippen molar-refractivity contribution in [2.45, 2.75) is 25.5 Å². The summed E-state index contributed by atoms with van der Waals surface area (Å²) in [5, 5.41) is 13.3. The third-order valence-electron chi connectivity index (χ3n) is 2.97. The van der Waals surface area contributed by atoms with Gasteiger partial charge in [0.25, 0.3) is 0 Å². The van der Waals surface area contributed by atoms with E-state index in [0.717, 1.165) is 23.0 Å². The van der Waals surface area contributed by atoms with Crippen molar-refractivity contribution in [3.05, 3.63) is 16.1 Å². The van der Waals surface area contributed by atoms with E-state index < -0.39 is 0 Å². The van der Waals surface area contributed by atoms with Crippen LogP contribution in [0, 0.1) is 6.92 Å². The Morgan fingerprint density at radius 1 is 1.69 bits per heavy atom. The molecule has 2 rings (SSSR count). The lowest BCUT2D eigenvalue weighted by Gasteiger charge is -2.35. The minimum Gasteiger partial charge on any atom is -0.391 e. The molecule has 2 unspecified atom stereocenters. The average Bonchev–Trinajstić information content (AvgIpc) is 2.64. The number of aryl methyl sites for hydroxylation is 1. The second-order valence-electron chi connectivity index (χ2n) is 4.25. The van der Waals surface area contributed by atoms with Crippen LogP contribution in [0.15, 0.2) is 5.38 Å². The van der Waals surface area contributed by atoms with Gasteiger partial charge in [-0.1, -0.05) is 0 Å². The highest BCUT2D eigenvalue weighted by molar-refractivity contribution is 7.99. The van der Waals surface area contributed by atoms with Crippen molar-refractivity contribution in [1.82, 2.24) is 9.88 Å². The number of aliphatic hydroxyl groups is 1. The Bertz CT molecular complexity index is 342. The fourth-order valence-corrected chi connectivity index (χ4v) is 3.89. The van der Waals surface area contributed by atoms with E-state index in [9.17, 15) is 5.11 Å². The van der Waals surface area contributed by atoms with Crippen molar-refractivity contribution in [1.29, 1.82) is 0 Å².